The second-order valence-corrected chi connectivity index (χ2v) is 4.03. The van der Waals surface area contributed by atoms with Gasteiger partial charge in [0.25, 0.3) is 0 Å². The van der Waals surface area contributed by atoms with Gasteiger partial charge in [-0.05, 0) is 17.7 Å². The van der Waals surface area contributed by atoms with Crippen molar-refractivity contribution in [3.05, 3.63) is 59.2 Å². The molecule has 0 unspecified atom stereocenters. The highest BCUT2D eigenvalue weighted by Gasteiger charge is 2.05. The Bertz CT molecular complexity index is 531. The number of hydrogen-bond donors (Lipinski definition) is 2. The Morgan fingerprint density at radius 1 is 1.17 bits per heavy atom. The van der Waals surface area contributed by atoms with Crippen molar-refractivity contribution in [2.75, 3.05) is 5.32 Å². The Hall–Kier alpha value is -2.07. The maximum absolute atomic E-state index is 11.6. The van der Waals surface area contributed by atoms with Gasteiger partial charge in [0, 0.05) is 12.7 Å². The molecule has 92 valence electrons. The first-order chi connectivity index (χ1) is 8.75. The molecule has 2 aromatic rings. The average Bonchev–Trinajstić information content (AvgIpc) is 2.40. The van der Waals surface area contributed by atoms with Crippen molar-refractivity contribution < 1.29 is 4.79 Å². The van der Waals surface area contributed by atoms with Crippen LogP contribution in [0, 0.1) is 0 Å². The minimum atomic E-state index is -0.334. The Morgan fingerprint density at radius 2 is 1.94 bits per heavy atom. The van der Waals surface area contributed by atoms with Crippen molar-refractivity contribution in [3.8, 4) is 0 Å². The van der Waals surface area contributed by atoms with E-state index in [1.807, 2.05) is 30.3 Å². The standard InChI is InChI=1S/C13H12ClN3O/c14-11-7-4-8-15-12(11)17-13(18)16-9-10-5-2-1-3-6-10/h1-8H,9H2,(H2,15,16,17,18). The Balaban J connectivity index is 1.88. The van der Waals surface area contributed by atoms with Crippen molar-refractivity contribution in [1.82, 2.24) is 10.3 Å². The van der Waals surface area contributed by atoms with E-state index in [1.165, 1.54) is 0 Å². The maximum Gasteiger partial charge on any atom is 0.320 e. The van der Waals surface area contributed by atoms with E-state index < -0.39 is 0 Å². The molecule has 18 heavy (non-hydrogen) atoms. The number of benzene rings is 1. The number of amides is 2. The van der Waals surface area contributed by atoms with Crippen LogP contribution in [0.15, 0.2) is 48.7 Å². The van der Waals surface area contributed by atoms with E-state index in [0.29, 0.717) is 17.4 Å². The largest absolute Gasteiger partial charge is 0.334 e. The highest BCUT2D eigenvalue weighted by atomic mass is 35.5. The van der Waals surface area contributed by atoms with Gasteiger partial charge >= 0.3 is 6.03 Å². The van der Waals surface area contributed by atoms with Crippen LogP contribution in [0.2, 0.25) is 5.02 Å². The predicted octanol–water partition coefficient (Wildman–Crippen LogP) is 3.06. The summed E-state index contributed by atoms with van der Waals surface area (Å²) in [5.74, 6) is 0.352. The number of halogens is 1. The number of carbonyl (C=O) groups is 1. The second kappa shape index (κ2) is 6.02. The van der Waals surface area contributed by atoms with E-state index in [0.717, 1.165) is 5.56 Å². The van der Waals surface area contributed by atoms with Crippen molar-refractivity contribution in [3.63, 3.8) is 0 Å². The lowest BCUT2D eigenvalue weighted by Crippen LogP contribution is -2.28. The zero-order valence-corrected chi connectivity index (χ0v) is 10.3. The van der Waals surface area contributed by atoms with E-state index in [1.54, 1.807) is 18.3 Å². The summed E-state index contributed by atoms with van der Waals surface area (Å²) in [7, 11) is 0. The van der Waals surface area contributed by atoms with Crippen LogP contribution in [0.3, 0.4) is 0 Å². The molecule has 1 aromatic carbocycles. The first kappa shape index (κ1) is 12.4. The van der Waals surface area contributed by atoms with Gasteiger partial charge in [-0.15, -0.1) is 0 Å². The van der Waals surface area contributed by atoms with Crippen LogP contribution < -0.4 is 10.6 Å². The highest BCUT2D eigenvalue weighted by molar-refractivity contribution is 6.33. The molecule has 4 nitrogen and oxygen atoms in total. The van der Waals surface area contributed by atoms with Crippen molar-refractivity contribution in [1.29, 1.82) is 0 Å². The summed E-state index contributed by atoms with van der Waals surface area (Å²) < 4.78 is 0. The van der Waals surface area contributed by atoms with Crippen LogP contribution in [0.4, 0.5) is 10.6 Å². The van der Waals surface area contributed by atoms with E-state index in [2.05, 4.69) is 15.6 Å². The Kier molecular flexibility index (Phi) is 4.15. The Labute approximate surface area is 110 Å². The number of rotatable bonds is 3. The molecule has 0 aliphatic rings. The molecule has 1 heterocycles. The van der Waals surface area contributed by atoms with E-state index in [9.17, 15) is 4.79 Å². The van der Waals surface area contributed by atoms with Gasteiger partial charge in [0.2, 0.25) is 0 Å². The Morgan fingerprint density at radius 3 is 2.67 bits per heavy atom. The molecule has 0 saturated heterocycles. The maximum atomic E-state index is 11.6. The monoisotopic (exact) mass is 261 g/mol. The number of nitrogens with one attached hydrogen (secondary N) is 2. The molecule has 0 spiro atoms. The zero-order valence-electron chi connectivity index (χ0n) is 9.56. The van der Waals surface area contributed by atoms with Crippen LogP contribution in [0.5, 0.6) is 0 Å². The average molecular weight is 262 g/mol. The van der Waals surface area contributed by atoms with E-state index in [4.69, 9.17) is 11.6 Å². The summed E-state index contributed by atoms with van der Waals surface area (Å²) in [5.41, 5.74) is 1.03. The third kappa shape index (κ3) is 3.46. The van der Waals surface area contributed by atoms with Crippen molar-refractivity contribution >= 4 is 23.4 Å². The molecule has 0 aliphatic heterocycles. The third-order valence-corrected chi connectivity index (χ3v) is 2.59. The first-order valence-electron chi connectivity index (χ1n) is 5.45. The molecule has 0 fully saturated rings. The third-order valence-electron chi connectivity index (χ3n) is 2.29. The number of pyridine rings is 1. The van der Waals surface area contributed by atoms with Crippen molar-refractivity contribution in [2.24, 2.45) is 0 Å². The zero-order chi connectivity index (χ0) is 12.8. The van der Waals surface area contributed by atoms with E-state index >= 15 is 0 Å². The van der Waals surface area contributed by atoms with Gasteiger partial charge in [0.1, 0.15) is 0 Å². The van der Waals surface area contributed by atoms with Gasteiger partial charge in [-0.2, -0.15) is 0 Å². The smallest absolute Gasteiger partial charge is 0.320 e. The lowest BCUT2D eigenvalue weighted by molar-refractivity contribution is 0.251. The molecule has 0 bridgehead atoms. The number of hydrogen-bond acceptors (Lipinski definition) is 2. The van der Waals surface area contributed by atoms with Crippen LogP contribution >= 0.6 is 11.6 Å². The molecule has 2 rings (SSSR count). The first-order valence-corrected chi connectivity index (χ1v) is 5.83. The molecule has 0 aliphatic carbocycles. The topological polar surface area (TPSA) is 54.0 Å². The van der Waals surface area contributed by atoms with Gasteiger partial charge in [-0.25, -0.2) is 9.78 Å². The van der Waals surface area contributed by atoms with Gasteiger partial charge in [-0.1, -0.05) is 41.9 Å². The molecular weight excluding hydrogens is 250 g/mol. The lowest BCUT2D eigenvalue weighted by Gasteiger charge is -2.07. The predicted molar refractivity (Wildman–Crippen MR) is 71.5 cm³/mol. The summed E-state index contributed by atoms with van der Waals surface area (Å²) in [6, 6.07) is 12.7. The number of anilines is 1. The lowest BCUT2D eigenvalue weighted by atomic mass is 10.2. The molecule has 0 saturated carbocycles. The summed E-state index contributed by atoms with van der Waals surface area (Å²) in [6.07, 6.45) is 1.57. The normalized spacial score (nSPS) is 9.83. The second-order valence-electron chi connectivity index (χ2n) is 3.63. The fraction of sp³-hybridized carbons (Fsp3) is 0.0769. The SMILES string of the molecule is O=C(NCc1ccccc1)Nc1ncccc1Cl. The molecule has 2 amide bonds. The quantitative estimate of drug-likeness (QED) is 0.892. The summed E-state index contributed by atoms with van der Waals surface area (Å²) in [6.45, 7) is 0.455. The number of carbonyl (C=O) groups excluding carboxylic acids is 1. The van der Waals surface area contributed by atoms with Crippen LogP contribution in [-0.4, -0.2) is 11.0 Å². The number of aromatic nitrogens is 1. The number of urea groups is 1. The van der Waals surface area contributed by atoms with E-state index in [-0.39, 0.29) is 6.03 Å². The minimum absolute atomic E-state index is 0.334. The molecule has 0 radical (unpaired) electrons. The molecule has 5 heteroatoms. The van der Waals surface area contributed by atoms with Crippen LogP contribution in [0.25, 0.3) is 0 Å². The van der Waals surface area contributed by atoms with Crippen LogP contribution in [-0.2, 0) is 6.54 Å². The summed E-state index contributed by atoms with van der Waals surface area (Å²) in [5, 5.41) is 5.72. The minimum Gasteiger partial charge on any atom is -0.334 e. The molecule has 1 aromatic heterocycles. The van der Waals surface area contributed by atoms with Gasteiger partial charge in [-0.3, -0.25) is 5.32 Å². The van der Waals surface area contributed by atoms with Crippen LogP contribution in [0.1, 0.15) is 5.56 Å². The molecule has 2 N–H and O–H groups in total. The van der Waals surface area contributed by atoms with Gasteiger partial charge < -0.3 is 5.32 Å². The summed E-state index contributed by atoms with van der Waals surface area (Å²) >= 11 is 5.88. The molecular formula is C13H12ClN3O. The van der Waals surface area contributed by atoms with Crippen molar-refractivity contribution in [2.45, 2.75) is 6.54 Å². The fourth-order valence-corrected chi connectivity index (χ4v) is 1.58. The summed E-state index contributed by atoms with van der Waals surface area (Å²) in [4.78, 5) is 15.6. The highest BCUT2D eigenvalue weighted by Crippen LogP contribution is 2.16. The van der Waals surface area contributed by atoms with Gasteiger partial charge in [0.05, 0.1) is 5.02 Å². The number of nitrogens with zero attached hydrogens (tertiary/aromatic N) is 1. The van der Waals surface area contributed by atoms with Gasteiger partial charge in [0.15, 0.2) is 5.82 Å². The molecule has 0 atom stereocenters. The fourth-order valence-electron chi connectivity index (χ4n) is 1.41.